The number of para-hydroxylation sites is 1. The number of nitrogens with zero attached hydrogens (tertiary/aromatic N) is 1. The average molecular weight is 215 g/mol. The van der Waals surface area contributed by atoms with E-state index in [2.05, 4.69) is 10.6 Å². The maximum atomic E-state index is 11.8. The van der Waals surface area contributed by atoms with E-state index in [1.54, 1.807) is 0 Å². The van der Waals surface area contributed by atoms with Gasteiger partial charge in [-0.05, 0) is 18.1 Å². The largest absolute Gasteiger partial charge is 0.385 e. The third-order valence-corrected chi connectivity index (χ3v) is 2.74. The highest BCUT2D eigenvalue weighted by Crippen LogP contribution is 2.31. The maximum Gasteiger partial charge on any atom is 0.228 e. The van der Waals surface area contributed by atoms with E-state index < -0.39 is 0 Å². The molecule has 82 valence electrons. The molecule has 0 saturated heterocycles. The second-order valence-corrected chi connectivity index (χ2v) is 3.73. The summed E-state index contributed by atoms with van der Waals surface area (Å²) in [5, 5.41) is 14.3. The number of fused-ring (bicyclic) bond motifs is 1. The predicted octanol–water partition coefficient (Wildman–Crippen LogP) is 1.23. The van der Waals surface area contributed by atoms with Gasteiger partial charge in [-0.1, -0.05) is 18.2 Å². The lowest BCUT2D eigenvalue weighted by atomic mass is 9.90. The van der Waals surface area contributed by atoms with Crippen LogP contribution in [0.15, 0.2) is 24.3 Å². The third kappa shape index (κ3) is 1.98. The molecule has 1 aliphatic heterocycles. The molecule has 0 aliphatic carbocycles. The number of nitriles is 1. The minimum absolute atomic E-state index is 0.0597. The van der Waals surface area contributed by atoms with E-state index in [1.165, 1.54) is 0 Å². The molecule has 0 radical (unpaired) electrons. The normalized spacial score (nSPS) is 17.8. The number of anilines is 1. The molecule has 1 heterocycles. The Morgan fingerprint density at radius 3 is 3.19 bits per heavy atom. The number of rotatable bonds is 2. The molecule has 16 heavy (non-hydrogen) atoms. The molecule has 1 aromatic carbocycles. The zero-order valence-corrected chi connectivity index (χ0v) is 8.86. The number of benzene rings is 1. The molecule has 0 aromatic heterocycles. The van der Waals surface area contributed by atoms with Crippen LogP contribution in [-0.4, -0.2) is 19.0 Å². The Balaban J connectivity index is 2.19. The van der Waals surface area contributed by atoms with Gasteiger partial charge in [0.1, 0.15) is 6.54 Å². The van der Waals surface area contributed by atoms with E-state index in [9.17, 15) is 4.79 Å². The van der Waals surface area contributed by atoms with E-state index in [1.807, 2.05) is 30.3 Å². The Hall–Kier alpha value is -2.02. The topological polar surface area (TPSA) is 64.9 Å². The van der Waals surface area contributed by atoms with Gasteiger partial charge in [0.2, 0.25) is 5.91 Å². The van der Waals surface area contributed by atoms with Crippen LogP contribution in [0.4, 0.5) is 5.69 Å². The molecule has 0 spiro atoms. The summed E-state index contributed by atoms with van der Waals surface area (Å²) < 4.78 is 0. The molecule has 4 heteroatoms. The molecular weight excluding hydrogens is 202 g/mol. The van der Waals surface area contributed by atoms with Crippen molar-refractivity contribution in [2.75, 3.05) is 18.4 Å². The van der Waals surface area contributed by atoms with Crippen LogP contribution in [0.3, 0.4) is 0 Å². The lowest BCUT2D eigenvalue weighted by Crippen LogP contribution is -2.33. The maximum absolute atomic E-state index is 11.8. The fraction of sp³-hybridized carbons (Fsp3) is 0.333. The number of hydrogen-bond donors (Lipinski definition) is 2. The second-order valence-electron chi connectivity index (χ2n) is 3.73. The Morgan fingerprint density at radius 1 is 1.56 bits per heavy atom. The number of hydrogen-bond acceptors (Lipinski definition) is 3. The summed E-state index contributed by atoms with van der Waals surface area (Å²) in [6, 6.07) is 9.71. The summed E-state index contributed by atoms with van der Waals surface area (Å²) in [7, 11) is 0. The molecule has 1 unspecified atom stereocenters. The molecule has 2 rings (SSSR count). The first-order chi connectivity index (χ1) is 7.83. The van der Waals surface area contributed by atoms with Crippen molar-refractivity contribution in [3.8, 4) is 6.07 Å². The van der Waals surface area contributed by atoms with Crippen molar-refractivity contribution in [3.63, 3.8) is 0 Å². The molecule has 1 atom stereocenters. The van der Waals surface area contributed by atoms with Crippen molar-refractivity contribution in [1.82, 2.24) is 5.32 Å². The van der Waals surface area contributed by atoms with Crippen molar-refractivity contribution in [2.45, 2.75) is 12.3 Å². The molecule has 1 amide bonds. The van der Waals surface area contributed by atoms with Crippen LogP contribution in [0, 0.1) is 11.3 Å². The van der Waals surface area contributed by atoms with E-state index >= 15 is 0 Å². The zero-order chi connectivity index (χ0) is 11.4. The summed E-state index contributed by atoms with van der Waals surface area (Å²) in [6.45, 7) is 0.868. The highest BCUT2D eigenvalue weighted by Gasteiger charge is 2.25. The van der Waals surface area contributed by atoms with Gasteiger partial charge in [0.05, 0.1) is 12.0 Å². The van der Waals surface area contributed by atoms with Crippen molar-refractivity contribution in [3.05, 3.63) is 29.8 Å². The van der Waals surface area contributed by atoms with E-state index in [0.29, 0.717) is 0 Å². The SMILES string of the molecule is N#CCNC(=O)C1CCNc2ccccc21. The van der Waals surface area contributed by atoms with Gasteiger partial charge in [0, 0.05) is 12.2 Å². The molecule has 0 fully saturated rings. The van der Waals surface area contributed by atoms with E-state index in [0.717, 1.165) is 24.2 Å². The lowest BCUT2D eigenvalue weighted by Gasteiger charge is -2.25. The standard InChI is InChI=1S/C12H13N3O/c13-6-8-15-12(16)10-5-7-14-11-4-2-1-3-9(10)11/h1-4,10,14H,5,7-8H2,(H,15,16). The number of carbonyl (C=O) groups is 1. The second kappa shape index (κ2) is 4.67. The van der Waals surface area contributed by atoms with Gasteiger partial charge >= 0.3 is 0 Å². The first kappa shape index (κ1) is 10.5. The lowest BCUT2D eigenvalue weighted by molar-refractivity contribution is -0.122. The Labute approximate surface area is 94.3 Å². The summed E-state index contributed by atoms with van der Waals surface area (Å²) in [4.78, 5) is 11.8. The Bertz CT molecular complexity index is 436. The van der Waals surface area contributed by atoms with E-state index in [4.69, 9.17) is 5.26 Å². The molecule has 4 nitrogen and oxygen atoms in total. The van der Waals surface area contributed by atoms with Gasteiger partial charge in [-0.3, -0.25) is 4.79 Å². The number of nitrogens with one attached hydrogen (secondary N) is 2. The fourth-order valence-electron chi connectivity index (χ4n) is 1.99. The minimum Gasteiger partial charge on any atom is -0.385 e. The third-order valence-electron chi connectivity index (χ3n) is 2.74. The molecule has 0 saturated carbocycles. The predicted molar refractivity (Wildman–Crippen MR) is 60.9 cm³/mol. The van der Waals surface area contributed by atoms with Crippen LogP contribution in [0.2, 0.25) is 0 Å². The van der Waals surface area contributed by atoms with E-state index in [-0.39, 0.29) is 18.4 Å². The first-order valence-corrected chi connectivity index (χ1v) is 5.30. The van der Waals surface area contributed by atoms with Crippen molar-refractivity contribution in [2.24, 2.45) is 0 Å². The van der Waals surface area contributed by atoms with Gasteiger partial charge in [0.15, 0.2) is 0 Å². The summed E-state index contributed by atoms with van der Waals surface area (Å²) in [5.74, 6) is -0.193. The molecule has 1 aromatic rings. The van der Waals surface area contributed by atoms with Crippen LogP contribution in [0.5, 0.6) is 0 Å². The van der Waals surface area contributed by atoms with Crippen LogP contribution in [0.1, 0.15) is 17.9 Å². The van der Waals surface area contributed by atoms with Crippen molar-refractivity contribution < 1.29 is 4.79 Å². The summed E-state index contributed by atoms with van der Waals surface area (Å²) in [6.07, 6.45) is 0.772. The molecule has 2 N–H and O–H groups in total. The van der Waals surface area contributed by atoms with Crippen LogP contribution in [-0.2, 0) is 4.79 Å². The summed E-state index contributed by atoms with van der Waals surface area (Å²) >= 11 is 0. The molecular formula is C12H13N3O. The first-order valence-electron chi connectivity index (χ1n) is 5.30. The average Bonchev–Trinajstić information content (AvgIpc) is 2.35. The Kier molecular flexibility index (Phi) is 3.06. The smallest absolute Gasteiger partial charge is 0.228 e. The zero-order valence-electron chi connectivity index (χ0n) is 8.86. The highest BCUT2D eigenvalue weighted by atomic mass is 16.1. The highest BCUT2D eigenvalue weighted by molar-refractivity contribution is 5.86. The van der Waals surface area contributed by atoms with Crippen LogP contribution < -0.4 is 10.6 Å². The van der Waals surface area contributed by atoms with Gasteiger partial charge in [-0.15, -0.1) is 0 Å². The van der Waals surface area contributed by atoms with Crippen LogP contribution in [0.25, 0.3) is 0 Å². The van der Waals surface area contributed by atoms with Gasteiger partial charge in [-0.2, -0.15) is 5.26 Å². The monoisotopic (exact) mass is 215 g/mol. The van der Waals surface area contributed by atoms with Crippen LogP contribution >= 0.6 is 0 Å². The van der Waals surface area contributed by atoms with Crippen molar-refractivity contribution in [1.29, 1.82) is 5.26 Å². The number of carbonyl (C=O) groups excluding carboxylic acids is 1. The minimum atomic E-state index is -0.134. The molecule has 0 bridgehead atoms. The quantitative estimate of drug-likeness (QED) is 0.729. The summed E-state index contributed by atoms with van der Waals surface area (Å²) in [5.41, 5.74) is 2.04. The van der Waals surface area contributed by atoms with Gasteiger partial charge < -0.3 is 10.6 Å². The number of amides is 1. The Morgan fingerprint density at radius 2 is 2.38 bits per heavy atom. The van der Waals surface area contributed by atoms with Gasteiger partial charge in [0.25, 0.3) is 0 Å². The van der Waals surface area contributed by atoms with Gasteiger partial charge in [-0.25, -0.2) is 0 Å². The van der Waals surface area contributed by atoms with Crippen molar-refractivity contribution >= 4 is 11.6 Å². The fourth-order valence-corrected chi connectivity index (χ4v) is 1.99. The molecule has 1 aliphatic rings.